The van der Waals surface area contributed by atoms with Crippen LogP contribution in [0.4, 0.5) is 17.6 Å². The first kappa shape index (κ1) is 17.4. The van der Waals surface area contributed by atoms with Crippen LogP contribution >= 0.6 is 7.92 Å². The van der Waals surface area contributed by atoms with Crippen molar-refractivity contribution in [1.82, 2.24) is 4.98 Å². The van der Waals surface area contributed by atoms with Gasteiger partial charge in [-0.2, -0.15) is 0 Å². The van der Waals surface area contributed by atoms with E-state index in [1.807, 2.05) is 0 Å². The molecule has 0 atom stereocenters. The monoisotopic (exact) mass is 365 g/mol. The smallest absolute Gasteiger partial charge is 0.213 e. The standard InChI is InChI=1S/C18H12F4NOP/c1-24-15-9-4-10-16(23-15)25(17-11(19)5-2-6-12(17)20)18-13(21)7-3-8-14(18)22/h2-10H,1H3. The summed E-state index contributed by atoms with van der Waals surface area (Å²) in [6.07, 6.45) is 0. The minimum Gasteiger partial charge on any atom is -0.481 e. The van der Waals surface area contributed by atoms with Crippen LogP contribution in [-0.4, -0.2) is 12.1 Å². The van der Waals surface area contributed by atoms with E-state index in [9.17, 15) is 17.6 Å². The third-order valence-electron chi connectivity index (χ3n) is 3.47. The molecule has 0 radical (unpaired) electrons. The molecule has 3 aromatic rings. The summed E-state index contributed by atoms with van der Waals surface area (Å²) in [4.78, 5) is 4.15. The molecule has 3 rings (SSSR count). The van der Waals surface area contributed by atoms with Crippen molar-refractivity contribution >= 4 is 24.0 Å². The minimum atomic E-state index is -2.24. The Kier molecular flexibility index (Phi) is 5.00. The second-order valence-electron chi connectivity index (χ2n) is 5.01. The van der Waals surface area contributed by atoms with Crippen molar-refractivity contribution in [1.29, 1.82) is 0 Å². The lowest BCUT2D eigenvalue weighted by Crippen LogP contribution is -2.30. The number of ether oxygens (including phenoxy) is 1. The topological polar surface area (TPSA) is 22.1 Å². The van der Waals surface area contributed by atoms with E-state index >= 15 is 0 Å². The number of halogens is 4. The number of methoxy groups -OCH3 is 1. The Hall–Kier alpha value is -2.46. The lowest BCUT2D eigenvalue weighted by molar-refractivity contribution is 0.399. The van der Waals surface area contributed by atoms with Gasteiger partial charge in [0.1, 0.15) is 23.3 Å². The number of nitrogens with zero attached hydrogens (tertiary/aromatic N) is 1. The van der Waals surface area contributed by atoms with Crippen molar-refractivity contribution in [2.24, 2.45) is 0 Å². The molecule has 0 spiro atoms. The number of hydrogen-bond donors (Lipinski definition) is 0. The summed E-state index contributed by atoms with van der Waals surface area (Å²) >= 11 is 0. The van der Waals surface area contributed by atoms with Crippen molar-refractivity contribution in [3.63, 3.8) is 0 Å². The van der Waals surface area contributed by atoms with Crippen molar-refractivity contribution in [3.05, 3.63) is 77.9 Å². The molecule has 0 aliphatic rings. The molecular weight excluding hydrogens is 353 g/mol. The highest BCUT2D eigenvalue weighted by molar-refractivity contribution is 7.79. The van der Waals surface area contributed by atoms with Gasteiger partial charge in [-0.25, -0.2) is 22.5 Å². The minimum absolute atomic E-state index is 0.127. The molecule has 0 unspecified atom stereocenters. The van der Waals surface area contributed by atoms with Gasteiger partial charge in [-0.3, -0.25) is 0 Å². The number of benzene rings is 2. The van der Waals surface area contributed by atoms with Crippen LogP contribution in [0.5, 0.6) is 5.88 Å². The van der Waals surface area contributed by atoms with Crippen LogP contribution in [0, 0.1) is 23.3 Å². The van der Waals surface area contributed by atoms with Crippen LogP contribution in [0.3, 0.4) is 0 Å². The first-order valence-corrected chi connectivity index (χ1v) is 8.56. The fraction of sp³-hybridized carbons (Fsp3) is 0.0556. The van der Waals surface area contributed by atoms with Gasteiger partial charge in [0.05, 0.1) is 23.2 Å². The van der Waals surface area contributed by atoms with Crippen LogP contribution in [0.15, 0.2) is 54.6 Å². The quantitative estimate of drug-likeness (QED) is 0.522. The molecule has 2 nitrogen and oxygen atoms in total. The van der Waals surface area contributed by atoms with Gasteiger partial charge < -0.3 is 4.74 Å². The Morgan fingerprint density at radius 3 is 1.60 bits per heavy atom. The summed E-state index contributed by atoms with van der Waals surface area (Å²) in [5.41, 5.74) is 0.127. The zero-order valence-corrected chi connectivity index (χ0v) is 13.9. The van der Waals surface area contributed by atoms with Crippen LogP contribution in [0.1, 0.15) is 0 Å². The first-order valence-electron chi connectivity index (χ1n) is 7.22. The summed E-state index contributed by atoms with van der Waals surface area (Å²) in [6, 6.07) is 11.1. The molecule has 1 heterocycles. The lowest BCUT2D eigenvalue weighted by Gasteiger charge is -2.20. The van der Waals surface area contributed by atoms with Crippen LogP contribution in [0.2, 0.25) is 0 Å². The van der Waals surface area contributed by atoms with Gasteiger partial charge in [-0.1, -0.05) is 18.2 Å². The highest BCUT2D eigenvalue weighted by atomic mass is 31.1. The third kappa shape index (κ3) is 3.35. The van der Waals surface area contributed by atoms with E-state index in [4.69, 9.17) is 4.74 Å². The maximum absolute atomic E-state index is 14.4. The van der Waals surface area contributed by atoms with E-state index in [0.29, 0.717) is 0 Å². The predicted octanol–water partition coefficient (Wildman–Crippen LogP) is 3.40. The summed E-state index contributed by atoms with van der Waals surface area (Å²) in [5, 5.41) is -0.829. The van der Waals surface area contributed by atoms with Crippen molar-refractivity contribution in [3.8, 4) is 5.88 Å². The average molecular weight is 365 g/mol. The van der Waals surface area contributed by atoms with E-state index < -0.39 is 41.8 Å². The van der Waals surface area contributed by atoms with Crippen molar-refractivity contribution < 1.29 is 22.3 Å². The van der Waals surface area contributed by atoms with Gasteiger partial charge in [0.15, 0.2) is 0 Å². The zero-order chi connectivity index (χ0) is 18.0. The molecule has 0 aliphatic carbocycles. The highest BCUT2D eigenvalue weighted by Crippen LogP contribution is 2.36. The first-order chi connectivity index (χ1) is 12.0. The van der Waals surface area contributed by atoms with Crippen LogP contribution in [0.25, 0.3) is 0 Å². The molecular formula is C18H12F4NOP. The summed E-state index contributed by atoms with van der Waals surface area (Å²) in [7, 11) is -0.866. The summed E-state index contributed by atoms with van der Waals surface area (Å²) < 4.78 is 62.6. The molecule has 0 bridgehead atoms. The van der Waals surface area contributed by atoms with Gasteiger partial charge in [0.2, 0.25) is 5.88 Å². The molecule has 25 heavy (non-hydrogen) atoms. The van der Waals surface area contributed by atoms with Gasteiger partial charge >= 0.3 is 0 Å². The normalized spacial score (nSPS) is 11.0. The van der Waals surface area contributed by atoms with Gasteiger partial charge in [0.25, 0.3) is 0 Å². The molecule has 0 saturated heterocycles. The predicted molar refractivity (Wildman–Crippen MR) is 89.3 cm³/mol. The highest BCUT2D eigenvalue weighted by Gasteiger charge is 2.30. The number of pyridine rings is 1. The number of hydrogen-bond acceptors (Lipinski definition) is 2. The molecule has 2 aromatic carbocycles. The third-order valence-corrected chi connectivity index (χ3v) is 5.93. The zero-order valence-electron chi connectivity index (χ0n) is 13.0. The fourth-order valence-corrected chi connectivity index (χ4v) is 4.66. The Balaban J connectivity index is 2.33. The van der Waals surface area contributed by atoms with Gasteiger partial charge in [0, 0.05) is 14.0 Å². The molecule has 0 N–H and O–H groups in total. The Morgan fingerprint density at radius 2 is 1.16 bits per heavy atom. The van der Waals surface area contributed by atoms with E-state index in [0.717, 1.165) is 24.3 Å². The number of aromatic nitrogens is 1. The maximum Gasteiger partial charge on any atom is 0.213 e. The summed E-state index contributed by atoms with van der Waals surface area (Å²) in [5.74, 6) is -3.38. The second-order valence-corrected chi connectivity index (χ2v) is 7.04. The van der Waals surface area contributed by atoms with E-state index in [1.54, 1.807) is 6.07 Å². The summed E-state index contributed by atoms with van der Waals surface area (Å²) in [6.45, 7) is 0. The van der Waals surface area contributed by atoms with Crippen LogP contribution < -0.4 is 20.8 Å². The van der Waals surface area contributed by atoms with E-state index in [-0.39, 0.29) is 11.3 Å². The molecule has 7 heteroatoms. The fourth-order valence-electron chi connectivity index (χ4n) is 2.39. The van der Waals surface area contributed by atoms with Crippen molar-refractivity contribution in [2.75, 3.05) is 7.11 Å². The largest absolute Gasteiger partial charge is 0.481 e. The van der Waals surface area contributed by atoms with Gasteiger partial charge in [-0.15, -0.1) is 0 Å². The molecule has 0 aliphatic heterocycles. The van der Waals surface area contributed by atoms with E-state index in [1.165, 1.54) is 31.4 Å². The SMILES string of the molecule is COc1cccc(P(c2c(F)cccc2F)c2c(F)cccc2F)n1. The molecule has 0 amide bonds. The second kappa shape index (κ2) is 7.19. The van der Waals surface area contributed by atoms with E-state index in [2.05, 4.69) is 4.98 Å². The Bertz CT molecular complexity index is 827. The molecule has 128 valence electrons. The molecule has 1 aromatic heterocycles. The Morgan fingerprint density at radius 1 is 0.720 bits per heavy atom. The Labute approximate surface area is 142 Å². The lowest BCUT2D eigenvalue weighted by atomic mass is 10.3. The van der Waals surface area contributed by atoms with Crippen LogP contribution in [-0.2, 0) is 0 Å². The maximum atomic E-state index is 14.4. The number of rotatable bonds is 4. The molecule has 0 fully saturated rings. The van der Waals surface area contributed by atoms with Gasteiger partial charge in [-0.05, 0) is 30.3 Å². The average Bonchev–Trinajstić information content (AvgIpc) is 2.60. The van der Waals surface area contributed by atoms with Crippen molar-refractivity contribution in [2.45, 2.75) is 0 Å². The molecule has 0 saturated carbocycles.